The third kappa shape index (κ3) is 4.71. The number of rotatable bonds is 5. The minimum absolute atomic E-state index is 0.114. The number of hydrogen-bond donors (Lipinski definition) is 0. The SMILES string of the molecule is CSCCN1CCN(C(=O)c2ccc(-c3ccc(C#N)cc3C)cc2)CC1. The van der Waals surface area contributed by atoms with Gasteiger partial charge in [-0.05, 0) is 54.1 Å². The lowest BCUT2D eigenvalue weighted by Gasteiger charge is -2.34. The summed E-state index contributed by atoms with van der Waals surface area (Å²) in [6, 6.07) is 15.7. The van der Waals surface area contributed by atoms with Crippen molar-refractivity contribution in [1.29, 1.82) is 5.26 Å². The van der Waals surface area contributed by atoms with Gasteiger partial charge in [-0.25, -0.2) is 0 Å². The molecule has 1 heterocycles. The van der Waals surface area contributed by atoms with E-state index in [0.717, 1.165) is 60.7 Å². The molecule has 4 nitrogen and oxygen atoms in total. The maximum atomic E-state index is 12.8. The number of carbonyl (C=O) groups excluding carboxylic acids is 1. The standard InChI is InChI=1S/C22H25N3OS/c1-17-15-18(16-23)3-8-21(17)19-4-6-20(7-5-19)22(26)25-11-9-24(10-12-25)13-14-27-2/h3-8,15H,9-14H2,1-2H3. The van der Waals surface area contributed by atoms with Gasteiger partial charge in [-0.15, -0.1) is 0 Å². The van der Waals surface area contributed by atoms with Crippen LogP contribution in [0, 0.1) is 18.3 Å². The first-order valence-electron chi connectivity index (χ1n) is 9.24. The highest BCUT2D eigenvalue weighted by molar-refractivity contribution is 7.98. The third-order valence-corrected chi connectivity index (χ3v) is 5.66. The van der Waals surface area contributed by atoms with Crippen LogP contribution < -0.4 is 0 Å². The lowest BCUT2D eigenvalue weighted by Crippen LogP contribution is -2.49. The van der Waals surface area contributed by atoms with Gasteiger partial charge in [0.2, 0.25) is 0 Å². The Hall–Kier alpha value is -2.29. The molecule has 0 saturated carbocycles. The minimum Gasteiger partial charge on any atom is -0.336 e. The van der Waals surface area contributed by atoms with E-state index in [9.17, 15) is 4.79 Å². The predicted octanol–water partition coefficient (Wildman–Crippen LogP) is 3.65. The van der Waals surface area contributed by atoms with E-state index in [2.05, 4.69) is 17.2 Å². The molecule has 27 heavy (non-hydrogen) atoms. The zero-order chi connectivity index (χ0) is 19.2. The second-order valence-electron chi connectivity index (χ2n) is 6.85. The predicted molar refractivity (Wildman–Crippen MR) is 112 cm³/mol. The van der Waals surface area contributed by atoms with Crippen molar-refractivity contribution in [3.05, 3.63) is 59.2 Å². The third-order valence-electron chi connectivity index (χ3n) is 5.07. The van der Waals surface area contributed by atoms with Gasteiger partial charge in [0.05, 0.1) is 11.6 Å². The molecule has 140 valence electrons. The van der Waals surface area contributed by atoms with E-state index < -0.39 is 0 Å². The maximum Gasteiger partial charge on any atom is 0.253 e. The number of aryl methyl sites for hydroxylation is 1. The van der Waals surface area contributed by atoms with Crippen LogP contribution in [0.5, 0.6) is 0 Å². The molecule has 0 N–H and O–H groups in total. The Labute approximate surface area is 165 Å². The molecule has 0 unspecified atom stereocenters. The fraction of sp³-hybridized carbons (Fsp3) is 0.364. The van der Waals surface area contributed by atoms with E-state index in [1.165, 1.54) is 0 Å². The van der Waals surface area contributed by atoms with Gasteiger partial charge in [0.25, 0.3) is 5.91 Å². The number of piperazine rings is 1. The average Bonchev–Trinajstić information content (AvgIpc) is 2.72. The van der Waals surface area contributed by atoms with Gasteiger partial charge < -0.3 is 4.90 Å². The second kappa shape index (κ2) is 9.07. The molecule has 1 aliphatic heterocycles. The van der Waals surface area contributed by atoms with E-state index in [0.29, 0.717) is 5.56 Å². The Bertz CT molecular complexity index is 834. The van der Waals surface area contributed by atoms with Gasteiger partial charge in [-0.3, -0.25) is 9.69 Å². The van der Waals surface area contributed by atoms with E-state index >= 15 is 0 Å². The molecule has 2 aromatic carbocycles. The smallest absolute Gasteiger partial charge is 0.253 e. The summed E-state index contributed by atoms with van der Waals surface area (Å²) in [4.78, 5) is 17.2. The highest BCUT2D eigenvalue weighted by atomic mass is 32.2. The van der Waals surface area contributed by atoms with Crippen LogP contribution in [-0.4, -0.2) is 60.4 Å². The molecular weight excluding hydrogens is 354 g/mol. The van der Waals surface area contributed by atoms with Gasteiger partial charge in [-0.2, -0.15) is 17.0 Å². The molecule has 0 atom stereocenters. The van der Waals surface area contributed by atoms with Crippen molar-refractivity contribution < 1.29 is 4.79 Å². The number of nitrogens with zero attached hydrogens (tertiary/aromatic N) is 3. The van der Waals surface area contributed by atoms with Crippen molar-refractivity contribution in [2.75, 3.05) is 44.7 Å². The fourth-order valence-electron chi connectivity index (χ4n) is 3.43. The van der Waals surface area contributed by atoms with Crippen molar-refractivity contribution >= 4 is 17.7 Å². The maximum absolute atomic E-state index is 12.8. The first-order valence-corrected chi connectivity index (χ1v) is 10.6. The van der Waals surface area contributed by atoms with Crippen molar-refractivity contribution in [2.24, 2.45) is 0 Å². The number of amides is 1. The van der Waals surface area contributed by atoms with E-state index in [1.807, 2.05) is 66.1 Å². The van der Waals surface area contributed by atoms with Crippen LogP contribution in [0.2, 0.25) is 0 Å². The molecule has 2 aromatic rings. The van der Waals surface area contributed by atoms with Crippen molar-refractivity contribution in [3.63, 3.8) is 0 Å². The highest BCUT2D eigenvalue weighted by Crippen LogP contribution is 2.25. The molecule has 0 spiro atoms. The second-order valence-corrected chi connectivity index (χ2v) is 7.83. The lowest BCUT2D eigenvalue weighted by atomic mass is 9.97. The Balaban J connectivity index is 1.65. The first-order chi connectivity index (χ1) is 13.1. The van der Waals surface area contributed by atoms with Gasteiger partial charge in [0, 0.05) is 44.0 Å². The Kier molecular flexibility index (Phi) is 6.54. The molecule has 0 bridgehead atoms. The van der Waals surface area contributed by atoms with Gasteiger partial charge >= 0.3 is 0 Å². The fourth-order valence-corrected chi connectivity index (χ4v) is 3.87. The minimum atomic E-state index is 0.114. The van der Waals surface area contributed by atoms with Crippen LogP contribution >= 0.6 is 11.8 Å². The van der Waals surface area contributed by atoms with Crippen LogP contribution in [-0.2, 0) is 0 Å². The normalized spacial score (nSPS) is 14.8. The summed E-state index contributed by atoms with van der Waals surface area (Å²) in [5.74, 6) is 1.26. The summed E-state index contributed by atoms with van der Waals surface area (Å²) in [7, 11) is 0. The van der Waals surface area contributed by atoms with Crippen molar-refractivity contribution in [1.82, 2.24) is 9.80 Å². The Morgan fingerprint density at radius 2 is 1.81 bits per heavy atom. The summed E-state index contributed by atoms with van der Waals surface area (Å²) in [5, 5.41) is 9.01. The lowest BCUT2D eigenvalue weighted by molar-refractivity contribution is 0.0644. The zero-order valence-electron chi connectivity index (χ0n) is 15.9. The zero-order valence-corrected chi connectivity index (χ0v) is 16.8. The quantitative estimate of drug-likeness (QED) is 0.795. The Morgan fingerprint density at radius 3 is 2.41 bits per heavy atom. The molecule has 0 aromatic heterocycles. The molecular formula is C22H25N3OS. The van der Waals surface area contributed by atoms with Crippen molar-refractivity contribution in [3.8, 4) is 17.2 Å². The van der Waals surface area contributed by atoms with Gasteiger partial charge in [-0.1, -0.05) is 18.2 Å². The van der Waals surface area contributed by atoms with Crippen molar-refractivity contribution in [2.45, 2.75) is 6.92 Å². The molecule has 0 aliphatic carbocycles. The summed E-state index contributed by atoms with van der Waals surface area (Å²) in [5.41, 5.74) is 4.63. The molecule has 1 saturated heterocycles. The van der Waals surface area contributed by atoms with Crippen LogP contribution in [0.4, 0.5) is 0 Å². The Morgan fingerprint density at radius 1 is 1.11 bits per heavy atom. The van der Waals surface area contributed by atoms with Gasteiger partial charge in [0.15, 0.2) is 0 Å². The van der Waals surface area contributed by atoms with Crippen LogP contribution in [0.1, 0.15) is 21.5 Å². The monoisotopic (exact) mass is 379 g/mol. The summed E-state index contributed by atoms with van der Waals surface area (Å²) >= 11 is 1.86. The number of benzene rings is 2. The molecule has 1 amide bonds. The average molecular weight is 380 g/mol. The number of thioether (sulfide) groups is 1. The number of nitriles is 1. The van der Waals surface area contributed by atoms with Crippen LogP contribution in [0.15, 0.2) is 42.5 Å². The topological polar surface area (TPSA) is 47.3 Å². The molecule has 0 radical (unpaired) electrons. The molecule has 1 fully saturated rings. The first kappa shape index (κ1) is 19.5. The van der Waals surface area contributed by atoms with E-state index in [-0.39, 0.29) is 5.91 Å². The molecule has 5 heteroatoms. The molecule has 1 aliphatic rings. The van der Waals surface area contributed by atoms with Gasteiger partial charge in [0.1, 0.15) is 0 Å². The molecule has 3 rings (SSSR count). The van der Waals surface area contributed by atoms with Crippen LogP contribution in [0.25, 0.3) is 11.1 Å². The van der Waals surface area contributed by atoms with E-state index in [1.54, 1.807) is 0 Å². The summed E-state index contributed by atoms with van der Waals surface area (Å²) in [6.45, 7) is 6.60. The van der Waals surface area contributed by atoms with E-state index in [4.69, 9.17) is 5.26 Å². The summed E-state index contributed by atoms with van der Waals surface area (Å²) < 4.78 is 0. The highest BCUT2D eigenvalue weighted by Gasteiger charge is 2.21. The number of hydrogen-bond acceptors (Lipinski definition) is 4. The largest absolute Gasteiger partial charge is 0.336 e. The summed E-state index contributed by atoms with van der Waals surface area (Å²) in [6.07, 6.45) is 2.13. The van der Waals surface area contributed by atoms with Crippen LogP contribution in [0.3, 0.4) is 0 Å². The number of carbonyl (C=O) groups is 1.